The molecule has 1 atom stereocenters. The minimum atomic E-state index is 0.725. The molecule has 0 aromatic rings. The molecule has 0 fully saturated rings. The van der Waals surface area contributed by atoms with E-state index >= 15 is 0 Å². The molecule has 0 spiro atoms. The summed E-state index contributed by atoms with van der Waals surface area (Å²) < 4.78 is 0. The van der Waals surface area contributed by atoms with Crippen molar-refractivity contribution in [3.05, 3.63) is 18.6 Å². The van der Waals surface area contributed by atoms with Crippen LogP contribution in [-0.4, -0.2) is 0 Å². The van der Waals surface area contributed by atoms with Crippen molar-refractivity contribution < 1.29 is 0 Å². The van der Waals surface area contributed by atoms with E-state index in [2.05, 4.69) is 19.9 Å². The molecule has 0 saturated heterocycles. The van der Waals surface area contributed by atoms with Crippen molar-refractivity contribution in [2.45, 2.75) is 51.9 Å². The van der Waals surface area contributed by atoms with E-state index in [1.54, 1.807) is 5.57 Å². The van der Waals surface area contributed by atoms with Crippen LogP contribution in [0, 0.1) is 12.8 Å². The second-order valence-electron chi connectivity index (χ2n) is 3.92. The van der Waals surface area contributed by atoms with Gasteiger partial charge in [0.05, 0.1) is 0 Å². The van der Waals surface area contributed by atoms with E-state index in [1.807, 2.05) is 0 Å². The topological polar surface area (TPSA) is 0 Å². The Kier molecular flexibility index (Phi) is 4.42. The minimum absolute atomic E-state index is 0.725. The maximum atomic E-state index is 3.97. The van der Waals surface area contributed by atoms with Crippen LogP contribution in [0.3, 0.4) is 0 Å². The van der Waals surface area contributed by atoms with Crippen LogP contribution in [0.5, 0.6) is 0 Å². The highest BCUT2D eigenvalue weighted by molar-refractivity contribution is 5.06. The molecule has 1 radical (unpaired) electrons. The van der Waals surface area contributed by atoms with Crippen LogP contribution in [-0.2, 0) is 0 Å². The first-order valence-corrected chi connectivity index (χ1v) is 5.32. The third kappa shape index (κ3) is 3.00. The van der Waals surface area contributed by atoms with E-state index in [9.17, 15) is 0 Å². The average molecular weight is 165 g/mol. The van der Waals surface area contributed by atoms with Crippen molar-refractivity contribution in [2.24, 2.45) is 5.92 Å². The smallest absolute Gasteiger partial charge is 0.0232 e. The molecule has 0 N–H and O–H groups in total. The van der Waals surface area contributed by atoms with Crippen molar-refractivity contribution >= 4 is 0 Å². The van der Waals surface area contributed by atoms with Gasteiger partial charge in [-0.15, -0.1) is 0 Å². The summed E-state index contributed by atoms with van der Waals surface area (Å²) in [6.45, 7) is 6.28. The zero-order chi connectivity index (χ0) is 8.81. The van der Waals surface area contributed by atoms with E-state index in [0.717, 1.165) is 12.3 Å². The molecule has 0 amide bonds. The summed E-state index contributed by atoms with van der Waals surface area (Å²) in [5.41, 5.74) is 1.67. The Hall–Kier alpha value is -0.260. The molecule has 0 aliphatic heterocycles. The number of hydrogen-bond acceptors (Lipinski definition) is 0. The van der Waals surface area contributed by atoms with Crippen LogP contribution < -0.4 is 0 Å². The van der Waals surface area contributed by atoms with Gasteiger partial charge in [-0.3, -0.25) is 0 Å². The molecule has 0 aromatic heterocycles. The highest BCUT2D eigenvalue weighted by Gasteiger charge is 2.07. The summed E-state index contributed by atoms with van der Waals surface area (Å²) in [5, 5.41) is 0. The molecule has 1 rings (SSSR count). The van der Waals surface area contributed by atoms with Gasteiger partial charge in [0, 0.05) is 0 Å². The first kappa shape index (κ1) is 9.83. The summed E-state index contributed by atoms with van der Waals surface area (Å²) in [5.74, 6) is 0.725. The van der Waals surface area contributed by atoms with E-state index in [-0.39, 0.29) is 0 Å². The fourth-order valence-electron chi connectivity index (χ4n) is 1.85. The zero-order valence-electron chi connectivity index (χ0n) is 8.31. The van der Waals surface area contributed by atoms with Gasteiger partial charge in [0.2, 0.25) is 0 Å². The van der Waals surface area contributed by atoms with Gasteiger partial charge in [-0.2, -0.15) is 0 Å². The van der Waals surface area contributed by atoms with Gasteiger partial charge in [0.25, 0.3) is 0 Å². The summed E-state index contributed by atoms with van der Waals surface area (Å²) in [6.07, 6.45) is 11.8. The van der Waals surface area contributed by atoms with Crippen LogP contribution in [0.25, 0.3) is 0 Å². The van der Waals surface area contributed by atoms with E-state index < -0.39 is 0 Å². The Morgan fingerprint density at radius 1 is 1.33 bits per heavy atom. The van der Waals surface area contributed by atoms with Crippen molar-refractivity contribution in [1.82, 2.24) is 0 Å². The maximum absolute atomic E-state index is 3.97. The Morgan fingerprint density at radius 2 is 2.08 bits per heavy atom. The minimum Gasteiger partial charge on any atom is -0.0851 e. The van der Waals surface area contributed by atoms with Crippen LogP contribution >= 0.6 is 0 Å². The van der Waals surface area contributed by atoms with E-state index in [1.165, 1.54) is 38.5 Å². The molecule has 0 saturated carbocycles. The second kappa shape index (κ2) is 5.40. The summed E-state index contributed by atoms with van der Waals surface area (Å²) in [7, 11) is 0. The second-order valence-corrected chi connectivity index (χ2v) is 3.92. The van der Waals surface area contributed by atoms with Gasteiger partial charge in [-0.05, 0) is 38.0 Å². The molecular formula is C12H21. The molecule has 0 heteroatoms. The first-order valence-electron chi connectivity index (χ1n) is 5.32. The van der Waals surface area contributed by atoms with Gasteiger partial charge in [0.1, 0.15) is 0 Å². The lowest BCUT2D eigenvalue weighted by atomic mass is 9.90. The lowest BCUT2D eigenvalue weighted by Gasteiger charge is -2.16. The molecule has 12 heavy (non-hydrogen) atoms. The van der Waals surface area contributed by atoms with Crippen LogP contribution in [0.15, 0.2) is 11.6 Å². The zero-order valence-corrected chi connectivity index (χ0v) is 8.31. The highest BCUT2D eigenvalue weighted by atomic mass is 14.1. The van der Waals surface area contributed by atoms with Crippen molar-refractivity contribution in [2.75, 3.05) is 0 Å². The van der Waals surface area contributed by atoms with Gasteiger partial charge in [-0.25, -0.2) is 0 Å². The predicted molar refractivity (Wildman–Crippen MR) is 54.9 cm³/mol. The summed E-state index contributed by atoms with van der Waals surface area (Å²) in [6, 6.07) is 0. The molecule has 69 valence electrons. The van der Waals surface area contributed by atoms with Crippen molar-refractivity contribution in [1.29, 1.82) is 0 Å². The molecule has 0 nitrogen and oxygen atoms in total. The molecule has 0 aromatic carbocycles. The van der Waals surface area contributed by atoms with Crippen LogP contribution in [0.2, 0.25) is 0 Å². The molecule has 0 heterocycles. The Morgan fingerprint density at radius 3 is 2.83 bits per heavy atom. The molecule has 1 unspecified atom stereocenters. The Balaban J connectivity index is 2.46. The largest absolute Gasteiger partial charge is 0.0851 e. The average Bonchev–Trinajstić information content (AvgIpc) is 2.02. The standard InChI is InChI=1S/C12H21/c1-3-11(2)12-9-7-5-4-6-8-10-12/h9,11H,1,3-8,10H2,2H3/b12-9+. The molecule has 1 aliphatic rings. The quantitative estimate of drug-likeness (QED) is 0.540. The lowest BCUT2D eigenvalue weighted by Crippen LogP contribution is -2.00. The van der Waals surface area contributed by atoms with Gasteiger partial charge >= 0.3 is 0 Å². The van der Waals surface area contributed by atoms with Gasteiger partial charge in [0.15, 0.2) is 0 Å². The monoisotopic (exact) mass is 165 g/mol. The van der Waals surface area contributed by atoms with Crippen molar-refractivity contribution in [3.8, 4) is 0 Å². The number of hydrogen-bond donors (Lipinski definition) is 0. The van der Waals surface area contributed by atoms with E-state index in [0.29, 0.717) is 0 Å². The summed E-state index contributed by atoms with van der Waals surface area (Å²) >= 11 is 0. The Bertz CT molecular complexity index is 144. The SMILES string of the molecule is [CH2]CC(C)/C1=C/CCCCCC1. The molecule has 0 bridgehead atoms. The number of rotatable bonds is 2. The summed E-state index contributed by atoms with van der Waals surface area (Å²) in [4.78, 5) is 0. The fraction of sp³-hybridized carbons (Fsp3) is 0.750. The normalized spacial score (nSPS) is 26.7. The van der Waals surface area contributed by atoms with E-state index in [4.69, 9.17) is 0 Å². The lowest BCUT2D eigenvalue weighted by molar-refractivity contribution is 0.571. The van der Waals surface area contributed by atoms with Crippen LogP contribution in [0.1, 0.15) is 51.9 Å². The maximum Gasteiger partial charge on any atom is -0.0232 e. The molecular weight excluding hydrogens is 144 g/mol. The third-order valence-corrected chi connectivity index (χ3v) is 2.89. The van der Waals surface area contributed by atoms with Gasteiger partial charge in [-0.1, -0.05) is 38.3 Å². The Labute approximate surface area is 77.1 Å². The molecule has 1 aliphatic carbocycles. The third-order valence-electron chi connectivity index (χ3n) is 2.89. The number of allylic oxidation sites excluding steroid dienone is 2. The van der Waals surface area contributed by atoms with Crippen molar-refractivity contribution in [3.63, 3.8) is 0 Å². The highest BCUT2D eigenvalue weighted by Crippen LogP contribution is 2.24. The van der Waals surface area contributed by atoms with Crippen LogP contribution in [0.4, 0.5) is 0 Å². The van der Waals surface area contributed by atoms with Gasteiger partial charge < -0.3 is 0 Å². The predicted octanol–water partition coefficient (Wildman–Crippen LogP) is 4.13. The fourth-order valence-corrected chi connectivity index (χ4v) is 1.85. The first-order chi connectivity index (χ1) is 5.84.